The van der Waals surface area contributed by atoms with Crippen molar-refractivity contribution in [3.8, 4) is 18.1 Å². The SMILES string of the molecule is C#CCCCCNCc1cccc(C)c1O. The maximum Gasteiger partial charge on any atom is 0.122 e. The molecule has 0 unspecified atom stereocenters. The van der Waals surface area contributed by atoms with Gasteiger partial charge in [-0.25, -0.2) is 0 Å². The Morgan fingerprint density at radius 3 is 2.94 bits per heavy atom. The lowest BCUT2D eigenvalue weighted by Gasteiger charge is -2.08. The van der Waals surface area contributed by atoms with Gasteiger partial charge in [0.1, 0.15) is 5.75 Å². The largest absolute Gasteiger partial charge is 0.507 e. The first-order valence-electron chi connectivity index (χ1n) is 5.67. The molecule has 16 heavy (non-hydrogen) atoms. The number of unbranched alkanes of at least 4 members (excludes halogenated alkanes) is 2. The minimum atomic E-state index is 0.402. The highest BCUT2D eigenvalue weighted by Crippen LogP contribution is 2.20. The molecule has 1 aromatic rings. The summed E-state index contributed by atoms with van der Waals surface area (Å²) in [6.45, 7) is 3.56. The zero-order valence-electron chi connectivity index (χ0n) is 9.79. The van der Waals surface area contributed by atoms with Crippen molar-refractivity contribution in [3.63, 3.8) is 0 Å². The summed E-state index contributed by atoms with van der Waals surface area (Å²) in [7, 11) is 0. The van der Waals surface area contributed by atoms with E-state index in [0.717, 1.165) is 36.9 Å². The third-order valence-electron chi connectivity index (χ3n) is 2.56. The molecule has 2 heteroatoms. The molecule has 1 aromatic carbocycles. The van der Waals surface area contributed by atoms with E-state index in [2.05, 4.69) is 11.2 Å². The topological polar surface area (TPSA) is 32.3 Å². The molecule has 0 amide bonds. The van der Waals surface area contributed by atoms with Crippen LogP contribution in [0.3, 0.4) is 0 Å². The standard InChI is InChI=1S/C14H19NO/c1-3-4-5-6-10-15-11-13-9-7-8-12(2)14(13)16/h1,7-9,15-16H,4-6,10-11H2,2H3. The summed E-state index contributed by atoms with van der Waals surface area (Å²) < 4.78 is 0. The van der Waals surface area contributed by atoms with Gasteiger partial charge in [-0.05, 0) is 31.9 Å². The number of hydrogen-bond acceptors (Lipinski definition) is 2. The van der Waals surface area contributed by atoms with E-state index in [1.807, 2.05) is 25.1 Å². The number of nitrogens with one attached hydrogen (secondary N) is 1. The van der Waals surface area contributed by atoms with Crippen LogP contribution in [-0.4, -0.2) is 11.7 Å². The van der Waals surface area contributed by atoms with E-state index >= 15 is 0 Å². The Kier molecular flexibility index (Phi) is 5.45. The Bertz CT molecular complexity index is 365. The van der Waals surface area contributed by atoms with Gasteiger partial charge in [-0.2, -0.15) is 0 Å². The summed E-state index contributed by atoms with van der Waals surface area (Å²) >= 11 is 0. The Labute approximate surface area is 97.7 Å². The van der Waals surface area contributed by atoms with Crippen LogP contribution < -0.4 is 5.32 Å². The van der Waals surface area contributed by atoms with Crippen LogP contribution in [0.2, 0.25) is 0 Å². The molecule has 0 aromatic heterocycles. The van der Waals surface area contributed by atoms with E-state index in [9.17, 15) is 5.11 Å². The first-order chi connectivity index (χ1) is 7.75. The fourth-order valence-electron chi connectivity index (χ4n) is 1.56. The summed E-state index contributed by atoms with van der Waals surface area (Å²) in [5, 5.41) is 13.1. The van der Waals surface area contributed by atoms with E-state index < -0.39 is 0 Å². The molecule has 0 heterocycles. The van der Waals surface area contributed by atoms with Crippen LogP contribution in [0.1, 0.15) is 30.4 Å². The minimum Gasteiger partial charge on any atom is -0.507 e. The van der Waals surface area contributed by atoms with Crippen LogP contribution in [0, 0.1) is 19.3 Å². The van der Waals surface area contributed by atoms with Gasteiger partial charge in [-0.15, -0.1) is 12.3 Å². The number of terminal acetylenes is 1. The fourth-order valence-corrected chi connectivity index (χ4v) is 1.56. The zero-order valence-corrected chi connectivity index (χ0v) is 9.79. The molecule has 0 saturated carbocycles. The number of benzene rings is 1. The van der Waals surface area contributed by atoms with Crippen molar-refractivity contribution in [2.75, 3.05) is 6.54 Å². The van der Waals surface area contributed by atoms with Gasteiger partial charge in [-0.3, -0.25) is 0 Å². The molecule has 0 aliphatic carbocycles. The van der Waals surface area contributed by atoms with E-state index in [0.29, 0.717) is 12.3 Å². The van der Waals surface area contributed by atoms with Gasteiger partial charge in [0.25, 0.3) is 0 Å². The molecule has 1 rings (SSSR count). The molecule has 0 atom stereocenters. The Morgan fingerprint density at radius 2 is 2.19 bits per heavy atom. The van der Waals surface area contributed by atoms with Crippen LogP contribution in [0.25, 0.3) is 0 Å². The van der Waals surface area contributed by atoms with Gasteiger partial charge < -0.3 is 10.4 Å². The van der Waals surface area contributed by atoms with Crippen LogP contribution in [0.15, 0.2) is 18.2 Å². The highest BCUT2D eigenvalue weighted by atomic mass is 16.3. The van der Waals surface area contributed by atoms with Crippen molar-refractivity contribution in [1.29, 1.82) is 0 Å². The van der Waals surface area contributed by atoms with Gasteiger partial charge in [0.05, 0.1) is 0 Å². The number of aromatic hydroxyl groups is 1. The van der Waals surface area contributed by atoms with Gasteiger partial charge >= 0.3 is 0 Å². The van der Waals surface area contributed by atoms with Crippen LogP contribution >= 0.6 is 0 Å². The molecule has 0 fully saturated rings. The monoisotopic (exact) mass is 217 g/mol. The van der Waals surface area contributed by atoms with E-state index in [-0.39, 0.29) is 0 Å². The second-order valence-electron chi connectivity index (χ2n) is 3.92. The van der Waals surface area contributed by atoms with E-state index in [4.69, 9.17) is 6.42 Å². The highest BCUT2D eigenvalue weighted by Gasteiger charge is 2.02. The summed E-state index contributed by atoms with van der Waals surface area (Å²) in [4.78, 5) is 0. The summed E-state index contributed by atoms with van der Waals surface area (Å²) in [5.74, 6) is 3.03. The van der Waals surface area contributed by atoms with Crippen molar-refractivity contribution in [2.45, 2.75) is 32.7 Å². The lowest BCUT2D eigenvalue weighted by molar-refractivity contribution is 0.460. The molecule has 2 N–H and O–H groups in total. The number of aryl methyl sites for hydroxylation is 1. The smallest absolute Gasteiger partial charge is 0.122 e. The second kappa shape index (κ2) is 6.92. The molecular formula is C14H19NO. The molecule has 2 nitrogen and oxygen atoms in total. The van der Waals surface area contributed by atoms with Gasteiger partial charge in [-0.1, -0.05) is 18.2 Å². The van der Waals surface area contributed by atoms with Crippen LogP contribution in [-0.2, 0) is 6.54 Å². The van der Waals surface area contributed by atoms with E-state index in [1.54, 1.807) is 0 Å². The lowest BCUT2D eigenvalue weighted by atomic mass is 10.1. The van der Waals surface area contributed by atoms with Gasteiger partial charge in [0, 0.05) is 18.5 Å². The quantitative estimate of drug-likeness (QED) is 0.567. The molecular weight excluding hydrogens is 198 g/mol. The van der Waals surface area contributed by atoms with Crippen molar-refractivity contribution < 1.29 is 5.11 Å². The normalized spacial score (nSPS) is 10.0. The van der Waals surface area contributed by atoms with Crippen LogP contribution in [0.4, 0.5) is 0 Å². The Morgan fingerprint density at radius 1 is 1.38 bits per heavy atom. The highest BCUT2D eigenvalue weighted by molar-refractivity contribution is 5.39. The zero-order chi connectivity index (χ0) is 11.8. The lowest BCUT2D eigenvalue weighted by Crippen LogP contribution is -2.14. The molecule has 0 aliphatic heterocycles. The van der Waals surface area contributed by atoms with Crippen molar-refractivity contribution >= 4 is 0 Å². The van der Waals surface area contributed by atoms with Gasteiger partial charge in [0.15, 0.2) is 0 Å². The predicted octanol–water partition coefficient (Wildman–Crippen LogP) is 2.59. The molecule has 0 aliphatic rings. The average Bonchev–Trinajstić information content (AvgIpc) is 2.29. The van der Waals surface area contributed by atoms with Crippen LogP contribution in [0.5, 0.6) is 5.75 Å². The predicted molar refractivity (Wildman–Crippen MR) is 67.2 cm³/mol. The number of rotatable bonds is 6. The Hall–Kier alpha value is -1.46. The first-order valence-corrected chi connectivity index (χ1v) is 5.67. The average molecular weight is 217 g/mol. The summed E-state index contributed by atoms with van der Waals surface area (Å²) in [6, 6.07) is 5.81. The maximum absolute atomic E-state index is 9.77. The first kappa shape index (κ1) is 12.6. The molecule has 0 saturated heterocycles. The van der Waals surface area contributed by atoms with E-state index in [1.165, 1.54) is 0 Å². The number of para-hydroxylation sites is 1. The van der Waals surface area contributed by atoms with Gasteiger partial charge in [0.2, 0.25) is 0 Å². The van der Waals surface area contributed by atoms with Crippen molar-refractivity contribution in [2.24, 2.45) is 0 Å². The fraction of sp³-hybridized carbons (Fsp3) is 0.429. The summed E-state index contributed by atoms with van der Waals surface area (Å²) in [5.41, 5.74) is 1.88. The molecule has 0 radical (unpaired) electrons. The molecule has 86 valence electrons. The molecule has 0 spiro atoms. The Balaban J connectivity index is 2.27. The molecule has 0 bridgehead atoms. The van der Waals surface area contributed by atoms with Crippen molar-refractivity contribution in [3.05, 3.63) is 29.3 Å². The summed E-state index contributed by atoms with van der Waals surface area (Å²) in [6.07, 6.45) is 8.15. The number of phenols is 1. The third-order valence-corrected chi connectivity index (χ3v) is 2.56. The number of phenolic OH excluding ortho intramolecular Hbond substituents is 1. The maximum atomic E-state index is 9.77. The third kappa shape index (κ3) is 3.96. The number of hydrogen-bond donors (Lipinski definition) is 2. The van der Waals surface area contributed by atoms with Crippen molar-refractivity contribution in [1.82, 2.24) is 5.32 Å². The minimum absolute atomic E-state index is 0.402. The second-order valence-corrected chi connectivity index (χ2v) is 3.92.